The van der Waals surface area contributed by atoms with Crippen LogP contribution in [-0.2, 0) is 14.5 Å². The number of rotatable bonds is 3. The van der Waals surface area contributed by atoms with Crippen LogP contribution in [0.25, 0.3) is 0 Å². The summed E-state index contributed by atoms with van der Waals surface area (Å²) in [5.74, 6) is 0. The summed E-state index contributed by atoms with van der Waals surface area (Å²) >= 11 is 0. The normalized spacial score (nSPS) is 14.1. The van der Waals surface area contributed by atoms with Gasteiger partial charge < -0.3 is 4.74 Å². The van der Waals surface area contributed by atoms with Crippen LogP contribution in [0.2, 0.25) is 0 Å². The molecule has 0 aromatic carbocycles. The number of hydrogen-bond acceptors (Lipinski definition) is 3. The van der Waals surface area contributed by atoms with Crippen LogP contribution in [0.5, 0.6) is 0 Å². The lowest BCUT2D eigenvalue weighted by Crippen LogP contribution is -2.08. The van der Waals surface area contributed by atoms with Crippen LogP contribution in [0.4, 0.5) is 0 Å². The Morgan fingerprint density at radius 3 is 2.00 bits per heavy atom. The van der Waals surface area contributed by atoms with E-state index >= 15 is 0 Å². The smallest absolute Gasteiger partial charge is 0.187 e. The molecule has 44 valence electrons. The minimum absolute atomic E-state index is 0.273. The minimum atomic E-state index is -0.273. The molecule has 1 unspecified atom stereocenters. The first-order valence-electron chi connectivity index (χ1n) is 2.03. The lowest BCUT2D eigenvalue weighted by atomic mass is 10.8. The second-order valence-electron chi connectivity index (χ2n) is 1.07. The van der Waals surface area contributed by atoms with Gasteiger partial charge in [-0.25, -0.2) is 9.78 Å². The average molecular weight is 106 g/mol. The van der Waals surface area contributed by atoms with Crippen molar-refractivity contribution in [3.63, 3.8) is 0 Å². The molecule has 3 heteroatoms. The zero-order valence-electron chi connectivity index (χ0n) is 4.80. The fraction of sp³-hybridized carbons (Fsp3) is 1.00. The third-order valence-electron chi connectivity index (χ3n) is 0.564. The zero-order valence-corrected chi connectivity index (χ0v) is 4.80. The van der Waals surface area contributed by atoms with E-state index in [0.29, 0.717) is 0 Å². The van der Waals surface area contributed by atoms with Crippen molar-refractivity contribution >= 4 is 0 Å². The molecule has 7 heavy (non-hydrogen) atoms. The van der Waals surface area contributed by atoms with Crippen molar-refractivity contribution in [1.82, 2.24) is 0 Å². The third-order valence-corrected chi connectivity index (χ3v) is 0.564. The van der Waals surface area contributed by atoms with E-state index in [9.17, 15) is 0 Å². The van der Waals surface area contributed by atoms with Crippen LogP contribution < -0.4 is 0 Å². The number of methoxy groups -OCH3 is 1. The van der Waals surface area contributed by atoms with Gasteiger partial charge in [0.05, 0.1) is 7.11 Å². The molecule has 0 heterocycles. The predicted octanol–water partition coefficient (Wildman–Crippen LogP) is 0.557. The molecule has 0 radical (unpaired) electrons. The summed E-state index contributed by atoms with van der Waals surface area (Å²) in [6, 6.07) is 0. The van der Waals surface area contributed by atoms with Crippen molar-refractivity contribution in [3.8, 4) is 0 Å². The molecule has 0 saturated heterocycles. The van der Waals surface area contributed by atoms with Crippen LogP contribution in [0.15, 0.2) is 0 Å². The Kier molecular flexibility index (Phi) is 3.98. The highest BCUT2D eigenvalue weighted by Gasteiger charge is 1.93. The van der Waals surface area contributed by atoms with Gasteiger partial charge in [0.25, 0.3) is 0 Å². The van der Waals surface area contributed by atoms with E-state index in [1.807, 2.05) is 0 Å². The molecule has 3 nitrogen and oxygen atoms in total. The van der Waals surface area contributed by atoms with Crippen LogP contribution in [-0.4, -0.2) is 20.5 Å². The van der Waals surface area contributed by atoms with Crippen LogP contribution >= 0.6 is 0 Å². The average Bonchev–Trinajstić information content (AvgIpc) is 1.68. The van der Waals surface area contributed by atoms with Crippen molar-refractivity contribution in [1.29, 1.82) is 0 Å². The molecular weight excluding hydrogens is 96.0 g/mol. The van der Waals surface area contributed by atoms with Gasteiger partial charge in [0, 0.05) is 7.11 Å². The van der Waals surface area contributed by atoms with Crippen LogP contribution in [0, 0.1) is 0 Å². The second-order valence-corrected chi connectivity index (χ2v) is 1.07. The fourth-order valence-electron chi connectivity index (χ4n) is 0.175. The molecular formula is C4H10O3. The standard InChI is InChI=1S/C4H10O3/c1-4(5-2)7-6-3/h4H,1-3H3. The van der Waals surface area contributed by atoms with E-state index in [1.54, 1.807) is 14.0 Å². The molecule has 0 N–H and O–H groups in total. The zero-order chi connectivity index (χ0) is 5.70. The van der Waals surface area contributed by atoms with Gasteiger partial charge in [-0.05, 0) is 6.92 Å². The highest BCUT2D eigenvalue weighted by Crippen LogP contribution is 1.87. The Morgan fingerprint density at radius 2 is 1.86 bits per heavy atom. The predicted molar refractivity (Wildman–Crippen MR) is 24.6 cm³/mol. The Balaban J connectivity index is 2.83. The molecule has 0 aromatic rings. The first-order chi connectivity index (χ1) is 3.31. The molecule has 0 aliphatic heterocycles. The van der Waals surface area contributed by atoms with Crippen LogP contribution in [0.1, 0.15) is 6.92 Å². The topological polar surface area (TPSA) is 27.7 Å². The van der Waals surface area contributed by atoms with E-state index in [0.717, 1.165) is 0 Å². The lowest BCUT2D eigenvalue weighted by Gasteiger charge is -2.04. The maximum absolute atomic E-state index is 4.64. The molecule has 1 atom stereocenters. The summed E-state index contributed by atoms with van der Waals surface area (Å²) in [6.07, 6.45) is -0.273. The second kappa shape index (κ2) is 4.05. The fourth-order valence-corrected chi connectivity index (χ4v) is 0.175. The molecule has 0 aliphatic rings. The number of ether oxygens (including phenoxy) is 1. The van der Waals surface area contributed by atoms with Gasteiger partial charge in [0.15, 0.2) is 6.29 Å². The SMILES string of the molecule is COOC(C)OC. The van der Waals surface area contributed by atoms with E-state index < -0.39 is 0 Å². The Morgan fingerprint density at radius 1 is 1.29 bits per heavy atom. The summed E-state index contributed by atoms with van der Waals surface area (Å²) in [6.45, 7) is 1.74. The largest absolute Gasteiger partial charge is 0.353 e. The highest BCUT2D eigenvalue weighted by atomic mass is 17.2. The first kappa shape index (κ1) is 6.88. The molecule has 0 bridgehead atoms. The van der Waals surface area contributed by atoms with Gasteiger partial charge in [0.2, 0.25) is 0 Å². The van der Waals surface area contributed by atoms with Gasteiger partial charge in [-0.2, -0.15) is 0 Å². The van der Waals surface area contributed by atoms with Gasteiger partial charge in [-0.15, -0.1) is 0 Å². The van der Waals surface area contributed by atoms with Crippen molar-refractivity contribution < 1.29 is 14.5 Å². The lowest BCUT2D eigenvalue weighted by molar-refractivity contribution is -0.353. The molecule has 0 fully saturated rings. The molecule has 0 aliphatic carbocycles. The van der Waals surface area contributed by atoms with E-state index in [2.05, 4.69) is 14.5 Å². The summed E-state index contributed by atoms with van der Waals surface area (Å²) in [7, 11) is 2.99. The van der Waals surface area contributed by atoms with Crippen molar-refractivity contribution in [2.75, 3.05) is 14.2 Å². The highest BCUT2D eigenvalue weighted by molar-refractivity contribution is 4.15. The molecule has 0 aromatic heterocycles. The van der Waals surface area contributed by atoms with Gasteiger partial charge in [0.1, 0.15) is 0 Å². The monoisotopic (exact) mass is 106 g/mol. The number of hydrogen-bond donors (Lipinski definition) is 0. The Bertz CT molecular complexity index is 37.9. The summed E-state index contributed by atoms with van der Waals surface area (Å²) in [5.41, 5.74) is 0. The molecule has 0 amide bonds. The van der Waals surface area contributed by atoms with Gasteiger partial charge >= 0.3 is 0 Å². The Hall–Kier alpha value is -0.120. The molecule has 0 spiro atoms. The molecule has 0 saturated carbocycles. The Labute approximate surface area is 43.1 Å². The summed E-state index contributed by atoms with van der Waals surface area (Å²) < 4.78 is 4.64. The third kappa shape index (κ3) is 3.72. The summed E-state index contributed by atoms with van der Waals surface area (Å²) in [5, 5.41) is 0. The minimum Gasteiger partial charge on any atom is -0.353 e. The van der Waals surface area contributed by atoms with Crippen LogP contribution in [0.3, 0.4) is 0 Å². The maximum atomic E-state index is 4.64. The van der Waals surface area contributed by atoms with Gasteiger partial charge in [-0.1, -0.05) is 0 Å². The first-order valence-corrected chi connectivity index (χ1v) is 2.03. The molecule has 0 rings (SSSR count). The van der Waals surface area contributed by atoms with E-state index in [-0.39, 0.29) is 6.29 Å². The van der Waals surface area contributed by atoms with E-state index in [4.69, 9.17) is 0 Å². The van der Waals surface area contributed by atoms with E-state index in [1.165, 1.54) is 7.11 Å². The van der Waals surface area contributed by atoms with Crippen molar-refractivity contribution in [2.45, 2.75) is 13.2 Å². The van der Waals surface area contributed by atoms with Crippen molar-refractivity contribution in [3.05, 3.63) is 0 Å². The maximum Gasteiger partial charge on any atom is 0.187 e. The van der Waals surface area contributed by atoms with Gasteiger partial charge in [-0.3, -0.25) is 0 Å². The quantitative estimate of drug-likeness (QED) is 0.299. The van der Waals surface area contributed by atoms with Crippen molar-refractivity contribution in [2.24, 2.45) is 0 Å². The summed E-state index contributed by atoms with van der Waals surface area (Å²) in [4.78, 5) is 8.74.